The van der Waals surface area contributed by atoms with Crippen molar-refractivity contribution in [2.45, 2.75) is 5.92 Å². The molecule has 0 aliphatic rings. The second kappa shape index (κ2) is 7.18. The molecule has 31 heavy (non-hydrogen) atoms. The Morgan fingerprint density at radius 3 is 1.48 bits per heavy atom. The average molecular weight is 410 g/mol. The van der Waals surface area contributed by atoms with Crippen LogP contribution in [0.1, 0.15) is 22.6 Å². The zero-order valence-electron chi connectivity index (χ0n) is 16.4. The van der Waals surface area contributed by atoms with Crippen molar-refractivity contribution in [1.82, 2.24) is 0 Å². The lowest BCUT2D eigenvalue weighted by molar-refractivity contribution is 0.537. The maximum absolute atomic E-state index is 13.1. The molecule has 0 aliphatic heterocycles. The van der Waals surface area contributed by atoms with Gasteiger partial charge in [-0.25, -0.2) is 9.59 Å². The molecule has 0 bridgehead atoms. The normalized spacial score (nSPS) is 11.4. The van der Waals surface area contributed by atoms with Crippen molar-refractivity contribution in [1.29, 1.82) is 0 Å². The van der Waals surface area contributed by atoms with Gasteiger partial charge in [0.15, 0.2) is 0 Å². The van der Waals surface area contributed by atoms with Crippen LogP contribution in [0.25, 0.3) is 21.9 Å². The predicted octanol–water partition coefficient (Wildman–Crippen LogP) is 4.24. The van der Waals surface area contributed by atoms with E-state index in [0.29, 0.717) is 27.5 Å². The maximum atomic E-state index is 13.1. The van der Waals surface area contributed by atoms with Crippen LogP contribution in [-0.2, 0) is 0 Å². The summed E-state index contributed by atoms with van der Waals surface area (Å²) in [5.41, 5.74) is 13.9. The smallest absolute Gasteiger partial charge is 0.342 e. The predicted molar refractivity (Wildman–Crippen MR) is 121 cm³/mol. The molecule has 0 aliphatic carbocycles. The molecule has 0 radical (unpaired) electrons. The summed E-state index contributed by atoms with van der Waals surface area (Å²) in [6, 6.07) is 23.1. The lowest BCUT2D eigenvalue weighted by Gasteiger charge is -2.20. The SMILES string of the molecule is Nc1c(C(c2ccccc2)c2c(N)c3ccccc3oc2=O)c(=O)oc2ccccc12. The molecular formula is C25H18N2O4. The number of rotatable bonds is 3. The zero-order chi connectivity index (χ0) is 21.5. The van der Waals surface area contributed by atoms with Gasteiger partial charge in [-0.2, -0.15) is 0 Å². The molecule has 5 rings (SSSR count). The molecule has 0 atom stereocenters. The quantitative estimate of drug-likeness (QED) is 0.430. The van der Waals surface area contributed by atoms with Gasteiger partial charge in [-0.15, -0.1) is 0 Å². The van der Waals surface area contributed by atoms with Gasteiger partial charge in [0, 0.05) is 10.8 Å². The molecule has 6 heteroatoms. The Morgan fingerprint density at radius 1 is 0.581 bits per heavy atom. The van der Waals surface area contributed by atoms with Gasteiger partial charge in [-0.05, 0) is 29.8 Å². The standard InChI is InChI=1S/C25H18N2O4/c26-22-15-10-4-6-12-17(15)30-24(28)20(22)19(14-8-2-1-3-9-14)21-23(27)16-11-5-7-13-18(16)31-25(21)29/h1-13,19H,26-27H2. The third-order valence-electron chi connectivity index (χ3n) is 5.49. The number of anilines is 2. The van der Waals surface area contributed by atoms with Crippen LogP contribution in [0.2, 0.25) is 0 Å². The van der Waals surface area contributed by atoms with Gasteiger partial charge in [0.2, 0.25) is 0 Å². The van der Waals surface area contributed by atoms with E-state index in [2.05, 4.69) is 0 Å². The first-order chi connectivity index (χ1) is 15.1. The highest BCUT2D eigenvalue weighted by atomic mass is 16.4. The maximum Gasteiger partial charge on any atom is 0.342 e. The summed E-state index contributed by atoms with van der Waals surface area (Å²) >= 11 is 0. The molecule has 4 N–H and O–H groups in total. The highest BCUT2D eigenvalue weighted by Gasteiger charge is 2.30. The second-order valence-electron chi connectivity index (χ2n) is 7.27. The molecule has 0 spiro atoms. The third-order valence-corrected chi connectivity index (χ3v) is 5.49. The van der Waals surface area contributed by atoms with Crippen LogP contribution in [0.5, 0.6) is 0 Å². The highest BCUT2D eigenvalue weighted by molar-refractivity contribution is 5.93. The van der Waals surface area contributed by atoms with Gasteiger partial charge in [-0.3, -0.25) is 0 Å². The van der Waals surface area contributed by atoms with Gasteiger partial charge in [0.25, 0.3) is 0 Å². The van der Waals surface area contributed by atoms with Crippen LogP contribution >= 0.6 is 0 Å². The van der Waals surface area contributed by atoms with Gasteiger partial charge in [0.05, 0.1) is 28.4 Å². The highest BCUT2D eigenvalue weighted by Crippen LogP contribution is 2.38. The minimum Gasteiger partial charge on any atom is -0.422 e. The molecule has 2 heterocycles. The number of hydrogen-bond acceptors (Lipinski definition) is 6. The summed E-state index contributed by atoms with van der Waals surface area (Å²) in [6.45, 7) is 0. The molecule has 6 nitrogen and oxygen atoms in total. The first-order valence-electron chi connectivity index (χ1n) is 9.73. The summed E-state index contributed by atoms with van der Waals surface area (Å²) in [7, 11) is 0. The van der Waals surface area contributed by atoms with Crippen molar-refractivity contribution < 1.29 is 8.83 Å². The van der Waals surface area contributed by atoms with Gasteiger partial charge >= 0.3 is 11.3 Å². The van der Waals surface area contributed by atoms with E-state index in [0.717, 1.165) is 0 Å². The zero-order valence-corrected chi connectivity index (χ0v) is 16.4. The van der Waals surface area contributed by atoms with E-state index in [1.54, 1.807) is 48.5 Å². The fraction of sp³-hybridized carbons (Fsp3) is 0.0400. The van der Waals surface area contributed by atoms with E-state index < -0.39 is 17.2 Å². The molecule has 0 saturated carbocycles. The number of nitrogens with two attached hydrogens (primary N) is 2. The summed E-state index contributed by atoms with van der Waals surface area (Å²) in [5, 5.41) is 1.17. The average Bonchev–Trinajstić information content (AvgIpc) is 2.78. The first-order valence-corrected chi connectivity index (χ1v) is 9.73. The number of hydrogen-bond donors (Lipinski definition) is 2. The van der Waals surface area contributed by atoms with E-state index in [4.69, 9.17) is 20.3 Å². The number of nitrogen functional groups attached to an aromatic ring is 2. The Balaban J connectivity index is 1.91. The minimum atomic E-state index is -0.858. The van der Waals surface area contributed by atoms with Crippen molar-refractivity contribution in [2.24, 2.45) is 0 Å². The molecule has 152 valence electrons. The number of fused-ring (bicyclic) bond motifs is 2. The Labute approximate surface area is 176 Å². The summed E-state index contributed by atoms with van der Waals surface area (Å²) in [5.74, 6) is -0.858. The van der Waals surface area contributed by atoms with Crippen molar-refractivity contribution in [3.63, 3.8) is 0 Å². The van der Waals surface area contributed by atoms with E-state index in [1.165, 1.54) is 0 Å². The topological polar surface area (TPSA) is 112 Å². The summed E-state index contributed by atoms with van der Waals surface area (Å²) in [4.78, 5) is 26.2. The van der Waals surface area contributed by atoms with Crippen molar-refractivity contribution in [3.05, 3.63) is 116 Å². The molecule has 5 aromatic rings. The molecule has 3 aromatic carbocycles. The van der Waals surface area contributed by atoms with Crippen LogP contribution in [0.4, 0.5) is 11.4 Å². The van der Waals surface area contributed by atoms with Crippen molar-refractivity contribution in [3.8, 4) is 0 Å². The fourth-order valence-corrected chi connectivity index (χ4v) is 4.05. The first kappa shape index (κ1) is 18.7. The fourth-order valence-electron chi connectivity index (χ4n) is 4.05. The molecular weight excluding hydrogens is 392 g/mol. The Morgan fingerprint density at radius 2 is 1.00 bits per heavy atom. The second-order valence-corrected chi connectivity index (χ2v) is 7.27. The number of benzene rings is 3. The van der Waals surface area contributed by atoms with Crippen LogP contribution in [0, 0.1) is 0 Å². The number of para-hydroxylation sites is 2. The third kappa shape index (κ3) is 2.97. The van der Waals surface area contributed by atoms with E-state index in [1.807, 2.05) is 30.3 Å². The van der Waals surface area contributed by atoms with Gasteiger partial charge < -0.3 is 20.3 Å². The van der Waals surface area contributed by atoms with Crippen LogP contribution in [0.3, 0.4) is 0 Å². The van der Waals surface area contributed by atoms with E-state index in [9.17, 15) is 9.59 Å². The Hall–Kier alpha value is -4.32. The van der Waals surface area contributed by atoms with Gasteiger partial charge in [-0.1, -0.05) is 54.6 Å². The molecule has 0 unspecified atom stereocenters. The van der Waals surface area contributed by atoms with Crippen molar-refractivity contribution >= 4 is 33.3 Å². The lowest BCUT2D eigenvalue weighted by Crippen LogP contribution is -2.24. The van der Waals surface area contributed by atoms with Crippen molar-refractivity contribution in [2.75, 3.05) is 11.5 Å². The Bertz CT molecular complexity index is 1450. The molecule has 0 amide bonds. The van der Waals surface area contributed by atoms with Crippen LogP contribution in [-0.4, -0.2) is 0 Å². The summed E-state index contributed by atoms with van der Waals surface area (Å²) < 4.78 is 11.1. The molecule has 0 saturated heterocycles. The van der Waals surface area contributed by atoms with E-state index >= 15 is 0 Å². The van der Waals surface area contributed by atoms with E-state index in [-0.39, 0.29) is 22.5 Å². The van der Waals surface area contributed by atoms with Gasteiger partial charge in [0.1, 0.15) is 11.2 Å². The molecule has 0 fully saturated rings. The monoisotopic (exact) mass is 410 g/mol. The Kier molecular flexibility index (Phi) is 4.33. The minimum absolute atomic E-state index is 0.152. The molecule has 2 aromatic heterocycles. The lowest BCUT2D eigenvalue weighted by atomic mass is 9.84. The largest absolute Gasteiger partial charge is 0.422 e. The van der Waals surface area contributed by atoms with Crippen LogP contribution in [0.15, 0.2) is 97.3 Å². The summed E-state index contributed by atoms with van der Waals surface area (Å²) in [6.07, 6.45) is 0. The van der Waals surface area contributed by atoms with Crippen LogP contribution < -0.4 is 22.7 Å².